The topological polar surface area (TPSA) is 55.1 Å². The summed E-state index contributed by atoms with van der Waals surface area (Å²) in [5.74, 6) is -0.194. The third kappa shape index (κ3) is 2.67. The number of anilines is 1. The smallest absolute Gasteiger partial charge is 0.244 e. The van der Waals surface area contributed by atoms with Gasteiger partial charge in [0.25, 0.3) is 0 Å². The molecule has 1 aromatic rings. The Morgan fingerprint density at radius 3 is 2.50 bits per heavy atom. The van der Waals surface area contributed by atoms with Gasteiger partial charge >= 0.3 is 0 Å². The first kappa shape index (κ1) is 14.1. The van der Waals surface area contributed by atoms with Crippen LogP contribution in [-0.4, -0.2) is 11.4 Å². The van der Waals surface area contributed by atoms with Crippen LogP contribution in [0, 0.1) is 0 Å². The number of carbonyl (C=O) groups is 1. The largest absolute Gasteiger partial charge is 0.323 e. The van der Waals surface area contributed by atoms with Gasteiger partial charge in [-0.3, -0.25) is 4.79 Å². The summed E-state index contributed by atoms with van der Waals surface area (Å²) in [5.41, 5.74) is 5.79. The summed E-state index contributed by atoms with van der Waals surface area (Å²) in [6, 6.07) is 3.44. The molecule has 0 aromatic heterocycles. The molecule has 3 nitrogen and oxygen atoms in total. The lowest BCUT2D eigenvalue weighted by molar-refractivity contribution is -0.121. The van der Waals surface area contributed by atoms with Crippen molar-refractivity contribution in [2.45, 2.75) is 31.2 Å². The Bertz CT molecular complexity index is 487. The molecular weight excluding hydrogens is 339 g/mol. The lowest BCUT2D eigenvalue weighted by Gasteiger charge is -2.22. The standard InChI is InChI=1S/C12H13BrCl2N2O/c13-7-3-4-8(10(15)9(7)14)17-11(18)12(16)5-1-2-6-12/h3-4H,1-2,5-6,16H2,(H,17,18). The minimum absolute atomic E-state index is 0.194. The van der Waals surface area contributed by atoms with E-state index < -0.39 is 5.54 Å². The quantitative estimate of drug-likeness (QED) is 0.792. The molecular formula is C12H13BrCl2N2O. The maximum Gasteiger partial charge on any atom is 0.244 e. The van der Waals surface area contributed by atoms with Crippen molar-refractivity contribution in [1.82, 2.24) is 0 Å². The van der Waals surface area contributed by atoms with E-state index in [0.29, 0.717) is 33.0 Å². The van der Waals surface area contributed by atoms with Crippen LogP contribution in [0.1, 0.15) is 25.7 Å². The van der Waals surface area contributed by atoms with Crippen LogP contribution in [0.15, 0.2) is 16.6 Å². The number of halogens is 3. The number of carbonyl (C=O) groups excluding carboxylic acids is 1. The summed E-state index contributed by atoms with van der Waals surface area (Å²) < 4.78 is 0.690. The molecule has 1 aromatic carbocycles. The van der Waals surface area contributed by atoms with E-state index in [9.17, 15) is 4.79 Å². The van der Waals surface area contributed by atoms with Crippen LogP contribution in [0.25, 0.3) is 0 Å². The molecule has 0 radical (unpaired) electrons. The molecule has 0 atom stereocenters. The number of rotatable bonds is 2. The van der Waals surface area contributed by atoms with Crippen molar-refractivity contribution in [2.75, 3.05) is 5.32 Å². The van der Waals surface area contributed by atoms with E-state index in [1.807, 2.05) is 0 Å². The minimum atomic E-state index is -0.775. The first-order valence-corrected chi connectivity index (χ1v) is 7.23. The Labute approximate surface area is 124 Å². The third-order valence-corrected chi connectivity index (χ3v) is 5.00. The second-order valence-corrected chi connectivity index (χ2v) is 6.15. The molecule has 98 valence electrons. The molecule has 0 bridgehead atoms. The zero-order chi connectivity index (χ0) is 13.3. The number of nitrogens with one attached hydrogen (secondary N) is 1. The molecule has 1 aliphatic carbocycles. The molecule has 0 aliphatic heterocycles. The SMILES string of the molecule is NC1(C(=O)Nc2ccc(Br)c(Cl)c2Cl)CCCC1. The molecule has 0 spiro atoms. The lowest BCUT2D eigenvalue weighted by atomic mass is 9.98. The van der Waals surface area contributed by atoms with Gasteiger partial charge in [-0.2, -0.15) is 0 Å². The Balaban J connectivity index is 2.19. The van der Waals surface area contributed by atoms with Crippen LogP contribution in [0.2, 0.25) is 10.0 Å². The molecule has 1 aliphatic rings. The van der Waals surface area contributed by atoms with Gasteiger partial charge in [0.15, 0.2) is 0 Å². The number of nitrogens with two attached hydrogens (primary N) is 1. The first-order valence-electron chi connectivity index (χ1n) is 5.68. The number of hydrogen-bond acceptors (Lipinski definition) is 2. The Hall–Kier alpha value is -0.290. The van der Waals surface area contributed by atoms with Gasteiger partial charge < -0.3 is 11.1 Å². The second kappa shape index (κ2) is 5.37. The van der Waals surface area contributed by atoms with Gasteiger partial charge in [0.05, 0.1) is 21.3 Å². The van der Waals surface area contributed by atoms with E-state index in [0.717, 1.165) is 12.8 Å². The van der Waals surface area contributed by atoms with Crippen LogP contribution in [-0.2, 0) is 4.79 Å². The highest BCUT2D eigenvalue weighted by molar-refractivity contribution is 9.10. The summed E-state index contributed by atoms with van der Waals surface area (Å²) in [5, 5.41) is 3.46. The molecule has 18 heavy (non-hydrogen) atoms. The van der Waals surface area contributed by atoms with Gasteiger partial charge in [-0.05, 0) is 40.9 Å². The molecule has 2 rings (SSSR count). The fraction of sp³-hybridized carbons (Fsp3) is 0.417. The minimum Gasteiger partial charge on any atom is -0.323 e. The highest BCUT2D eigenvalue weighted by atomic mass is 79.9. The van der Waals surface area contributed by atoms with Gasteiger partial charge in [-0.15, -0.1) is 0 Å². The zero-order valence-electron chi connectivity index (χ0n) is 9.60. The Morgan fingerprint density at radius 2 is 1.89 bits per heavy atom. The zero-order valence-corrected chi connectivity index (χ0v) is 12.7. The van der Waals surface area contributed by atoms with Crippen molar-refractivity contribution in [3.8, 4) is 0 Å². The highest BCUT2D eigenvalue weighted by Crippen LogP contribution is 2.37. The van der Waals surface area contributed by atoms with Crippen LogP contribution < -0.4 is 11.1 Å². The van der Waals surface area contributed by atoms with E-state index in [1.54, 1.807) is 12.1 Å². The molecule has 1 fully saturated rings. The average molecular weight is 352 g/mol. The third-order valence-electron chi connectivity index (χ3n) is 3.23. The summed E-state index contributed by atoms with van der Waals surface area (Å²) >= 11 is 15.3. The van der Waals surface area contributed by atoms with Gasteiger partial charge in [-0.1, -0.05) is 36.0 Å². The van der Waals surface area contributed by atoms with Gasteiger partial charge in [0, 0.05) is 4.47 Å². The number of benzene rings is 1. The fourth-order valence-corrected chi connectivity index (χ4v) is 2.92. The summed E-state index contributed by atoms with van der Waals surface area (Å²) in [7, 11) is 0. The van der Waals surface area contributed by atoms with Crippen molar-refractivity contribution in [3.63, 3.8) is 0 Å². The van der Waals surface area contributed by atoms with Gasteiger partial charge in [0.1, 0.15) is 0 Å². The molecule has 0 saturated heterocycles. The highest BCUT2D eigenvalue weighted by Gasteiger charge is 2.37. The van der Waals surface area contributed by atoms with Gasteiger partial charge in [0.2, 0.25) is 5.91 Å². The van der Waals surface area contributed by atoms with Crippen molar-refractivity contribution in [2.24, 2.45) is 5.73 Å². The van der Waals surface area contributed by atoms with Crippen molar-refractivity contribution < 1.29 is 4.79 Å². The van der Waals surface area contributed by atoms with E-state index >= 15 is 0 Å². The van der Waals surface area contributed by atoms with Crippen LogP contribution >= 0.6 is 39.1 Å². The van der Waals surface area contributed by atoms with E-state index in [4.69, 9.17) is 28.9 Å². The number of amides is 1. The summed E-state index contributed by atoms with van der Waals surface area (Å²) in [6.07, 6.45) is 3.39. The van der Waals surface area contributed by atoms with E-state index in [-0.39, 0.29) is 5.91 Å². The van der Waals surface area contributed by atoms with Crippen molar-refractivity contribution in [3.05, 3.63) is 26.7 Å². The Morgan fingerprint density at radius 1 is 1.28 bits per heavy atom. The molecule has 0 heterocycles. The van der Waals surface area contributed by atoms with Crippen molar-refractivity contribution >= 4 is 50.7 Å². The van der Waals surface area contributed by atoms with Gasteiger partial charge in [-0.25, -0.2) is 0 Å². The van der Waals surface area contributed by atoms with Crippen molar-refractivity contribution in [1.29, 1.82) is 0 Å². The molecule has 0 unspecified atom stereocenters. The molecule has 1 saturated carbocycles. The van der Waals surface area contributed by atoms with E-state index in [2.05, 4.69) is 21.2 Å². The monoisotopic (exact) mass is 350 g/mol. The van der Waals surface area contributed by atoms with Crippen LogP contribution in [0.5, 0.6) is 0 Å². The molecule has 3 N–H and O–H groups in total. The fourth-order valence-electron chi connectivity index (χ4n) is 2.10. The normalized spacial score (nSPS) is 17.8. The predicted molar refractivity (Wildman–Crippen MR) is 78.2 cm³/mol. The second-order valence-electron chi connectivity index (χ2n) is 4.54. The summed E-state index contributed by atoms with van der Waals surface area (Å²) in [6.45, 7) is 0. The molecule has 6 heteroatoms. The molecule has 1 amide bonds. The van der Waals surface area contributed by atoms with E-state index in [1.165, 1.54) is 0 Å². The van der Waals surface area contributed by atoms with Crippen LogP contribution in [0.3, 0.4) is 0 Å². The van der Waals surface area contributed by atoms with Crippen LogP contribution in [0.4, 0.5) is 5.69 Å². The maximum atomic E-state index is 12.1. The predicted octanol–water partition coefficient (Wildman–Crippen LogP) is 3.97. The lowest BCUT2D eigenvalue weighted by Crippen LogP contribution is -2.48. The number of hydrogen-bond donors (Lipinski definition) is 2. The summed E-state index contributed by atoms with van der Waals surface area (Å²) in [4.78, 5) is 12.1. The Kier molecular flexibility index (Phi) is 4.22. The maximum absolute atomic E-state index is 12.1. The average Bonchev–Trinajstić information content (AvgIpc) is 2.78. The first-order chi connectivity index (χ1) is 8.44.